The predicted octanol–water partition coefficient (Wildman–Crippen LogP) is 2.69. The van der Waals surface area contributed by atoms with Gasteiger partial charge in [0, 0.05) is 25.7 Å². The molecule has 0 radical (unpaired) electrons. The van der Waals surface area contributed by atoms with Crippen LogP contribution in [0, 0.1) is 11.8 Å². The van der Waals surface area contributed by atoms with Crippen LogP contribution in [0.3, 0.4) is 0 Å². The van der Waals surface area contributed by atoms with Gasteiger partial charge in [0.2, 0.25) is 0 Å². The molecule has 5 heteroatoms. The molecule has 124 valence electrons. The van der Waals surface area contributed by atoms with Crippen LogP contribution in [0.15, 0.2) is 4.99 Å². The SMILES string of the molecule is CN=C(NCC(C1CCCCC1)N(C)C)NC1CC1C.I. The van der Waals surface area contributed by atoms with Crippen molar-refractivity contribution in [2.24, 2.45) is 16.8 Å². The number of hydrogen-bond donors (Lipinski definition) is 2. The Bertz CT molecular complexity index is 326. The van der Waals surface area contributed by atoms with Crippen LogP contribution in [0.5, 0.6) is 0 Å². The molecule has 4 nitrogen and oxygen atoms in total. The van der Waals surface area contributed by atoms with E-state index in [4.69, 9.17) is 0 Å². The van der Waals surface area contributed by atoms with Crippen molar-refractivity contribution in [1.29, 1.82) is 0 Å². The first-order valence-electron chi connectivity index (χ1n) is 8.25. The number of likely N-dealkylation sites (N-methyl/N-ethyl adjacent to an activating group) is 1. The zero-order valence-electron chi connectivity index (χ0n) is 14.1. The van der Waals surface area contributed by atoms with Gasteiger partial charge in [-0.25, -0.2) is 0 Å². The van der Waals surface area contributed by atoms with Gasteiger partial charge in [-0.1, -0.05) is 26.2 Å². The summed E-state index contributed by atoms with van der Waals surface area (Å²) in [7, 11) is 6.29. The van der Waals surface area contributed by atoms with Crippen LogP contribution in [0.2, 0.25) is 0 Å². The van der Waals surface area contributed by atoms with Crippen molar-refractivity contribution >= 4 is 29.9 Å². The number of hydrogen-bond acceptors (Lipinski definition) is 2. The summed E-state index contributed by atoms with van der Waals surface area (Å²) in [5, 5.41) is 7.05. The molecule has 0 amide bonds. The second-order valence-corrected chi connectivity index (χ2v) is 6.85. The van der Waals surface area contributed by atoms with Gasteiger partial charge in [-0.05, 0) is 45.2 Å². The topological polar surface area (TPSA) is 39.7 Å². The van der Waals surface area contributed by atoms with Gasteiger partial charge >= 0.3 is 0 Å². The quantitative estimate of drug-likeness (QED) is 0.418. The summed E-state index contributed by atoms with van der Waals surface area (Å²) in [6, 6.07) is 1.25. The lowest BCUT2D eigenvalue weighted by atomic mass is 9.83. The number of rotatable bonds is 5. The lowest BCUT2D eigenvalue weighted by Crippen LogP contribution is -2.49. The third-order valence-corrected chi connectivity index (χ3v) is 4.99. The first-order valence-corrected chi connectivity index (χ1v) is 8.25. The molecule has 2 saturated carbocycles. The summed E-state index contributed by atoms with van der Waals surface area (Å²) >= 11 is 0. The van der Waals surface area contributed by atoms with Crippen LogP contribution in [0.1, 0.15) is 45.4 Å². The monoisotopic (exact) mass is 408 g/mol. The molecule has 2 aliphatic rings. The summed E-state index contributed by atoms with van der Waals surface area (Å²) < 4.78 is 0. The van der Waals surface area contributed by atoms with Crippen LogP contribution in [-0.4, -0.2) is 50.6 Å². The van der Waals surface area contributed by atoms with E-state index in [0.717, 1.165) is 24.3 Å². The highest BCUT2D eigenvalue weighted by molar-refractivity contribution is 14.0. The molecular weight excluding hydrogens is 375 g/mol. The van der Waals surface area contributed by atoms with Crippen molar-refractivity contribution in [3.05, 3.63) is 0 Å². The number of nitrogens with one attached hydrogen (secondary N) is 2. The first kappa shape index (κ1) is 19.0. The molecule has 2 N–H and O–H groups in total. The Morgan fingerprint density at radius 3 is 2.33 bits per heavy atom. The van der Waals surface area contributed by atoms with E-state index in [9.17, 15) is 0 Å². The normalized spacial score (nSPS) is 28.0. The Kier molecular flexibility index (Phi) is 8.31. The molecule has 0 aliphatic heterocycles. The van der Waals surface area contributed by atoms with E-state index in [1.54, 1.807) is 0 Å². The summed E-state index contributed by atoms with van der Waals surface area (Å²) in [5.41, 5.74) is 0. The first-order chi connectivity index (χ1) is 9.61. The van der Waals surface area contributed by atoms with E-state index in [0.29, 0.717) is 12.1 Å². The third kappa shape index (κ3) is 5.93. The molecule has 0 aromatic heterocycles. The lowest BCUT2D eigenvalue weighted by Gasteiger charge is -2.35. The van der Waals surface area contributed by atoms with Gasteiger partial charge in [-0.15, -0.1) is 24.0 Å². The maximum Gasteiger partial charge on any atom is 0.191 e. The van der Waals surface area contributed by atoms with Crippen molar-refractivity contribution in [3.8, 4) is 0 Å². The largest absolute Gasteiger partial charge is 0.355 e. The average Bonchev–Trinajstić information content (AvgIpc) is 3.14. The van der Waals surface area contributed by atoms with E-state index in [2.05, 4.69) is 41.5 Å². The molecule has 0 bridgehead atoms. The Morgan fingerprint density at radius 2 is 1.86 bits per heavy atom. The fourth-order valence-corrected chi connectivity index (χ4v) is 3.38. The fraction of sp³-hybridized carbons (Fsp3) is 0.938. The number of guanidine groups is 1. The third-order valence-electron chi connectivity index (χ3n) is 4.99. The molecule has 2 aliphatic carbocycles. The maximum absolute atomic E-state index is 4.35. The van der Waals surface area contributed by atoms with Crippen molar-refractivity contribution in [1.82, 2.24) is 15.5 Å². The zero-order valence-corrected chi connectivity index (χ0v) is 16.4. The number of halogens is 1. The van der Waals surface area contributed by atoms with E-state index in [-0.39, 0.29) is 24.0 Å². The Balaban J connectivity index is 0.00000220. The van der Waals surface area contributed by atoms with Crippen molar-refractivity contribution in [3.63, 3.8) is 0 Å². The van der Waals surface area contributed by atoms with E-state index in [1.165, 1.54) is 38.5 Å². The molecule has 0 aromatic rings. The van der Waals surface area contributed by atoms with Crippen molar-refractivity contribution < 1.29 is 0 Å². The van der Waals surface area contributed by atoms with Crippen LogP contribution < -0.4 is 10.6 Å². The predicted molar refractivity (Wildman–Crippen MR) is 102 cm³/mol. The Hall–Kier alpha value is -0.0400. The highest BCUT2D eigenvalue weighted by Gasteiger charge is 2.33. The maximum atomic E-state index is 4.35. The molecule has 0 aromatic carbocycles. The number of nitrogens with zero attached hydrogens (tertiary/aromatic N) is 2. The second-order valence-electron chi connectivity index (χ2n) is 6.85. The minimum Gasteiger partial charge on any atom is -0.355 e. The molecule has 3 unspecified atom stereocenters. The second kappa shape index (κ2) is 9.18. The molecule has 2 rings (SSSR count). The molecule has 0 saturated heterocycles. The standard InChI is InChI=1S/C16H32N4.HI/c1-12-10-14(12)19-16(17-2)18-11-15(20(3)4)13-8-6-5-7-9-13;/h12-15H,5-11H2,1-4H3,(H2,17,18,19);1H. The van der Waals surface area contributed by atoms with Gasteiger partial charge in [0.15, 0.2) is 5.96 Å². The summed E-state index contributed by atoms with van der Waals surface area (Å²) in [6.45, 7) is 3.29. The molecule has 2 fully saturated rings. The summed E-state index contributed by atoms with van der Waals surface area (Å²) in [5.74, 6) is 2.61. The minimum absolute atomic E-state index is 0. The van der Waals surface area contributed by atoms with Crippen LogP contribution >= 0.6 is 24.0 Å². The highest BCUT2D eigenvalue weighted by Crippen LogP contribution is 2.29. The van der Waals surface area contributed by atoms with Crippen LogP contribution in [0.25, 0.3) is 0 Å². The summed E-state index contributed by atoms with van der Waals surface area (Å²) in [4.78, 5) is 6.74. The smallest absolute Gasteiger partial charge is 0.191 e. The van der Waals surface area contributed by atoms with Crippen molar-refractivity contribution in [2.75, 3.05) is 27.7 Å². The van der Waals surface area contributed by atoms with Crippen LogP contribution in [0.4, 0.5) is 0 Å². The minimum atomic E-state index is 0. The highest BCUT2D eigenvalue weighted by atomic mass is 127. The van der Waals surface area contributed by atoms with Gasteiger partial charge in [-0.3, -0.25) is 4.99 Å². The van der Waals surface area contributed by atoms with E-state index >= 15 is 0 Å². The molecular formula is C16H33IN4. The van der Waals surface area contributed by atoms with E-state index in [1.807, 2.05) is 7.05 Å². The van der Waals surface area contributed by atoms with Gasteiger partial charge in [0.25, 0.3) is 0 Å². The molecule has 3 atom stereocenters. The Labute approximate surface area is 147 Å². The molecule has 21 heavy (non-hydrogen) atoms. The van der Waals surface area contributed by atoms with Gasteiger partial charge in [0.05, 0.1) is 0 Å². The average molecular weight is 408 g/mol. The summed E-state index contributed by atoms with van der Waals surface area (Å²) in [6.07, 6.45) is 8.28. The van der Waals surface area contributed by atoms with Gasteiger partial charge in [0.1, 0.15) is 0 Å². The van der Waals surface area contributed by atoms with E-state index < -0.39 is 0 Å². The molecule has 0 spiro atoms. The van der Waals surface area contributed by atoms with Crippen molar-refractivity contribution in [2.45, 2.75) is 57.5 Å². The Morgan fingerprint density at radius 1 is 1.24 bits per heavy atom. The lowest BCUT2D eigenvalue weighted by molar-refractivity contribution is 0.171. The van der Waals surface area contributed by atoms with Crippen LogP contribution in [-0.2, 0) is 0 Å². The molecule has 0 heterocycles. The zero-order chi connectivity index (χ0) is 14.5. The number of aliphatic imine (C=N–C) groups is 1. The van der Waals surface area contributed by atoms with Gasteiger partial charge < -0.3 is 15.5 Å². The van der Waals surface area contributed by atoms with Gasteiger partial charge in [-0.2, -0.15) is 0 Å². The fourth-order valence-electron chi connectivity index (χ4n) is 3.38.